The molecule has 2 amide bonds. The number of amides is 2. The van der Waals surface area contributed by atoms with Crippen LogP contribution in [0.5, 0.6) is 0 Å². The van der Waals surface area contributed by atoms with Crippen molar-refractivity contribution in [3.05, 3.63) is 62.7 Å². The van der Waals surface area contributed by atoms with Gasteiger partial charge in [-0.1, -0.05) is 37.5 Å². The highest BCUT2D eigenvalue weighted by molar-refractivity contribution is 14.1. The first-order valence-corrected chi connectivity index (χ1v) is 10.5. The zero-order chi connectivity index (χ0) is 19.4. The first-order valence-electron chi connectivity index (χ1n) is 9.41. The largest absolute Gasteiger partial charge is 0.339 e. The third-order valence-corrected chi connectivity index (χ3v) is 6.44. The Morgan fingerprint density at radius 3 is 2.48 bits per heavy atom. The van der Waals surface area contributed by atoms with E-state index >= 15 is 0 Å². The van der Waals surface area contributed by atoms with E-state index < -0.39 is 0 Å². The van der Waals surface area contributed by atoms with E-state index in [9.17, 15) is 9.59 Å². The molecule has 1 aliphatic rings. The van der Waals surface area contributed by atoms with Gasteiger partial charge in [-0.05, 0) is 72.2 Å². The number of nitrogens with one attached hydrogen (secondary N) is 1. The lowest BCUT2D eigenvalue weighted by Crippen LogP contribution is -2.38. The number of halogens is 1. The van der Waals surface area contributed by atoms with E-state index in [4.69, 9.17) is 0 Å². The predicted octanol–water partition coefficient (Wildman–Crippen LogP) is 5.26. The number of rotatable bonds is 4. The summed E-state index contributed by atoms with van der Waals surface area (Å²) in [6.45, 7) is 2.01. The summed E-state index contributed by atoms with van der Waals surface area (Å²) < 4.78 is 1.04. The van der Waals surface area contributed by atoms with Gasteiger partial charge in [-0.2, -0.15) is 0 Å². The minimum Gasteiger partial charge on any atom is -0.339 e. The third kappa shape index (κ3) is 4.69. The van der Waals surface area contributed by atoms with Crippen LogP contribution in [0.1, 0.15) is 58.4 Å². The Balaban J connectivity index is 1.79. The molecule has 4 nitrogen and oxygen atoms in total. The number of aryl methyl sites for hydroxylation is 1. The van der Waals surface area contributed by atoms with Crippen molar-refractivity contribution < 1.29 is 9.59 Å². The number of benzene rings is 2. The molecule has 0 unspecified atom stereocenters. The van der Waals surface area contributed by atoms with Gasteiger partial charge in [0.25, 0.3) is 11.8 Å². The van der Waals surface area contributed by atoms with Gasteiger partial charge in [0.05, 0.1) is 11.3 Å². The van der Waals surface area contributed by atoms with Crippen molar-refractivity contribution in [3.63, 3.8) is 0 Å². The molecular formula is C22H25IN2O2. The average molecular weight is 476 g/mol. The highest BCUT2D eigenvalue weighted by Crippen LogP contribution is 2.25. The van der Waals surface area contributed by atoms with E-state index in [1.807, 2.05) is 49.2 Å². The van der Waals surface area contributed by atoms with Crippen LogP contribution in [0.15, 0.2) is 42.5 Å². The molecule has 27 heavy (non-hydrogen) atoms. The summed E-state index contributed by atoms with van der Waals surface area (Å²) in [6, 6.07) is 13.2. The SMILES string of the molecule is Cc1ccc(C(=O)Nc2ccccc2C(=O)N(C)C2CCCCC2)cc1I. The van der Waals surface area contributed by atoms with Crippen LogP contribution in [0, 0.1) is 10.5 Å². The molecule has 1 saturated carbocycles. The lowest BCUT2D eigenvalue weighted by atomic mass is 9.94. The second-order valence-electron chi connectivity index (χ2n) is 7.17. The van der Waals surface area contributed by atoms with Gasteiger partial charge in [-0.25, -0.2) is 0 Å². The predicted molar refractivity (Wildman–Crippen MR) is 117 cm³/mol. The van der Waals surface area contributed by atoms with Crippen molar-refractivity contribution in [3.8, 4) is 0 Å². The molecule has 0 saturated heterocycles. The van der Waals surface area contributed by atoms with Crippen LogP contribution in [-0.2, 0) is 0 Å². The van der Waals surface area contributed by atoms with Crippen molar-refractivity contribution >= 4 is 40.1 Å². The Morgan fingerprint density at radius 1 is 1.07 bits per heavy atom. The van der Waals surface area contributed by atoms with E-state index in [2.05, 4.69) is 27.9 Å². The van der Waals surface area contributed by atoms with Crippen LogP contribution in [0.3, 0.4) is 0 Å². The van der Waals surface area contributed by atoms with Crippen molar-refractivity contribution in [2.24, 2.45) is 0 Å². The molecule has 2 aromatic carbocycles. The van der Waals surface area contributed by atoms with Crippen LogP contribution in [-0.4, -0.2) is 29.8 Å². The smallest absolute Gasteiger partial charge is 0.255 e. The average Bonchev–Trinajstić information content (AvgIpc) is 2.70. The van der Waals surface area contributed by atoms with Crippen molar-refractivity contribution in [2.75, 3.05) is 12.4 Å². The van der Waals surface area contributed by atoms with E-state index in [0.717, 1.165) is 22.0 Å². The standard InChI is InChI=1S/C22H25IN2O2/c1-15-12-13-16(14-19(15)23)21(26)24-20-11-7-6-10-18(20)22(27)25(2)17-8-4-3-5-9-17/h6-7,10-14,17H,3-5,8-9H2,1-2H3,(H,24,26). The molecule has 3 rings (SSSR count). The molecule has 0 radical (unpaired) electrons. The molecule has 1 N–H and O–H groups in total. The van der Waals surface area contributed by atoms with Crippen LogP contribution in [0.4, 0.5) is 5.69 Å². The van der Waals surface area contributed by atoms with Crippen LogP contribution >= 0.6 is 22.6 Å². The van der Waals surface area contributed by atoms with Crippen LogP contribution in [0.2, 0.25) is 0 Å². The fraction of sp³-hybridized carbons (Fsp3) is 0.364. The van der Waals surface area contributed by atoms with E-state index in [0.29, 0.717) is 16.8 Å². The lowest BCUT2D eigenvalue weighted by molar-refractivity contribution is 0.0697. The van der Waals surface area contributed by atoms with E-state index in [-0.39, 0.29) is 17.9 Å². The van der Waals surface area contributed by atoms with Gasteiger partial charge in [-0.3, -0.25) is 9.59 Å². The minimum atomic E-state index is -0.200. The molecular weight excluding hydrogens is 451 g/mol. The Labute approximate surface area is 174 Å². The van der Waals surface area contributed by atoms with Gasteiger partial charge < -0.3 is 10.2 Å². The summed E-state index contributed by atoms with van der Waals surface area (Å²) in [5, 5.41) is 2.92. The molecule has 0 heterocycles. The highest BCUT2D eigenvalue weighted by Gasteiger charge is 2.25. The topological polar surface area (TPSA) is 49.4 Å². The molecule has 0 aromatic heterocycles. The summed E-state index contributed by atoms with van der Waals surface area (Å²) in [5.41, 5.74) is 2.83. The van der Waals surface area contributed by atoms with E-state index in [1.54, 1.807) is 12.1 Å². The normalized spacial score (nSPS) is 14.6. The summed E-state index contributed by atoms with van der Waals surface area (Å²) in [6.07, 6.45) is 5.71. The molecule has 0 bridgehead atoms. The first-order chi connectivity index (χ1) is 13.0. The maximum Gasteiger partial charge on any atom is 0.255 e. The van der Waals surface area contributed by atoms with Crippen LogP contribution in [0.25, 0.3) is 0 Å². The van der Waals surface area contributed by atoms with E-state index in [1.165, 1.54) is 19.3 Å². The second-order valence-corrected chi connectivity index (χ2v) is 8.33. The molecule has 1 aliphatic carbocycles. The number of para-hydroxylation sites is 1. The number of hydrogen-bond donors (Lipinski definition) is 1. The first kappa shape index (κ1) is 19.9. The summed E-state index contributed by atoms with van der Waals surface area (Å²) in [5.74, 6) is -0.232. The Kier molecular flexibility index (Phi) is 6.52. The van der Waals surface area contributed by atoms with Crippen molar-refractivity contribution in [1.29, 1.82) is 0 Å². The molecule has 2 aromatic rings. The number of nitrogens with zero attached hydrogens (tertiary/aromatic N) is 1. The second kappa shape index (κ2) is 8.87. The van der Waals surface area contributed by atoms with Gasteiger partial charge in [0.1, 0.15) is 0 Å². The number of carbonyl (C=O) groups excluding carboxylic acids is 2. The highest BCUT2D eigenvalue weighted by atomic mass is 127. The third-order valence-electron chi connectivity index (χ3n) is 5.28. The molecule has 142 valence electrons. The van der Waals surface area contributed by atoms with Gasteiger partial charge >= 0.3 is 0 Å². The molecule has 5 heteroatoms. The van der Waals surface area contributed by atoms with Gasteiger partial charge in [0, 0.05) is 22.2 Å². The zero-order valence-electron chi connectivity index (χ0n) is 15.8. The maximum absolute atomic E-state index is 13.1. The van der Waals surface area contributed by atoms with Crippen LogP contribution < -0.4 is 5.32 Å². The number of hydrogen-bond acceptors (Lipinski definition) is 2. The Morgan fingerprint density at radius 2 is 1.78 bits per heavy atom. The lowest BCUT2D eigenvalue weighted by Gasteiger charge is -2.31. The fourth-order valence-corrected chi connectivity index (χ4v) is 4.05. The number of carbonyl (C=O) groups is 2. The Bertz CT molecular complexity index is 844. The zero-order valence-corrected chi connectivity index (χ0v) is 18.0. The number of anilines is 1. The molecule has 1 fully saturated rings. The summed E-state index contributed by atoms with van der Waals surface area (Å²) >= 11 is 2.22. The summed E-state index contributed by atoms with van der Waals surface area (Å²) in [7, 11) is 1.87. The van der Waals surface area contributed by atoms with Gasteiger partial charge in [0.15, 0.2) is 0 Å². The molecule has 0 aliphatic heterocycles. The minimum absolute atomic E-state index is 0.0312. The monoisotopic (exact) mass is 476 g/mol. The van der Waals surface area contributed by atoms with Gasteiger partial charge in [-0.15, -0.1) is 0 Å². The van der Waals surface area contributed by atoms with Crippen molar-refractivity contribution in [2.45, 2.75) is 45.1 Å². The quantitative estimate of drug-likeness (QED) is 0.613. The van der Waals surface area contributed by atoms with Gasteiger partial charge in [0.2, 0.25) is 0 Å². The molecule has 0 atom stereocenters. The van der Waals surface area contributed by atoms with Crippen molar-refractivity contribution in [1.82, 2.24) is 4.90 Å². The fourth-order valence-electron chi connectivity index (χ4n) is 3.53. The maximum atomic E-state index is 13.1. The Hall–Kier alpha value is -1.89. The summed E-state index contributed by atoms with van der Waals surface area (Å²) in [4.78, 5) is 27.6. The molecule has 0 spiro atoms.